The zero-order chi connectivity index (χ0) is 16.5. The number of para-hydroxylation sites is 2. The van der Waals surface area contributed by atoms with Gasteiger partial charge in [0.15, 0.2) is 5.15 Å². The van der Waals surface area contributed by atoms with Crippen molar-refractivity contribution in [2.45, 2.75) is 0 Å². The van der Waals surface area contributed by atoms with Gasteiger partial charge in [-0.2, -0.15) is 0 Å². The van der Waals surface area contributed by atoms with E-state index in [4.69, 9.17) is 11.6 Å². The summed E-state index contributed by atoms with van der Waals surface area (Å²) in [6.45, 7) is 0. The molecule has 0 aliphatic rings. The van der Waals surface area contributed by atoms with Crippen molar-refractivity contribution in [1.29, 1.82) is 0 Å². The van der Waals surface area contributed by atoms with Crippen molar-refractivity contribution in [3.8, 4) is 0 Å². The number of aromatic nitrogens is 3. The Morgan fingerprint density at radius 2 is 1.58 bits per heavy atom. The molecule has 24 heavy (non-hydrogen) atoms. The first kappa shape index (κ1) is 14.5. The van der Waals surface area contributed by atoms with Gasteiger partial charge in [-0.05, 0) is 42.5 Å². The van der Waals surface area contributed by atoms with Crippen molar-refractivity contribution in [3.05, 3.63) is 71.5 Å². The first-order valence-corrected chi connectivity index (χ1v) is 7.67. The van der Waals surface area contributed by atoms with Gasteiger partial charge >= 0.3 is 0 Å². The molecule has 116 valence electrons. The van der Waals surface area contributed by atoms with Crippen molar-refractivity contribution >= 4 is 45.3 Å². The van der Waals surface area contributed by atoms with E-state index in [1.165, 1.54) is 0 Å². The number of benzene rings is 2. The summed E-state index contributed by atoms with van der Waals surface area (Å²) in [5.74, 6) is -0.276. The molecule has 0 radical (unpaired) electrons. The van der Waals surface area contributed by atoms with Crippen LogP contribution in [0, 0.1) is 0 Å². The fourth-order valence-electron chi connectivity index (χ4n) is 2.44. The number of amides is 1. The van der Waals surface area contributed by atoms with E-state index < -0.39 is 0 Å². The average Bonchev–Trinajstić information content (AvgIpc) is 2.61. The van der Waals surface area contributed by atoms with Gasteiger partial charge in [-0.15, -0.1) is 0 Å². The third kappa shape index (κ3) is 2.66. The maximum atomic E-state index is 12.4. The second-order valence-electron chi connectivity index (χ2n) is 5.21. The highest BCUT2D eigenvalue weighted by Gasteiger charge is 2.11. The Morgan fingerprint density at radius 3 is 2.33 bits per heavy atom. The van der Waals surface area contributed by atoms with Gasteiger partial charge in [-0.3, -0.25) is 4.79 Å². The van der Waals surface area contributed by atoms with E-state index in [1.54, 1.807) is 36.5 Å². The van der Waals surface area contributed by atoms with Crippen LogP contribution in [0.3, 0.4) is 0 Å². The van der Waals surface area contributed by atoms with Crippen molar-refractivity contribution < 1.29 is 4.79 Å². The minimum atomic E-state index is -0.276. The maximum absolute atomic E-state index is 12.4. The topological polar surface area (TPSA) is 67.8 Å². The van der Waals surface area contributed by atoms with E-state index in [1.807, 2.05) is 24.3 Å². The summed E-state index contributed by atoms with van der Waals surface area (Å²) >= 11 is 5.97. The number of nitrogens with one attached hydrogen (secondary N) is 1. The van der Waals surface area contributed by atoms with Crippen molar-refractivity contribution in [2.75, 3.05) is 5.32 Å². The molecule has 0 aliphatic heterocycles. The molecule has 2 heterocycles. The van der Waals surface area contributed by atoms with Gasteiger partial charge in [0.05, 0.1) is 27.8 Å². The van der Waals surface area contributed by atoms with Gasteiger partial charge in [-0.25, -0.2) is 15.0 Å². The normalized spacial score (nSPS) is 10.9. The molecule has 2 aromatic carbocycles. The molecule has 5 nitrogen and oxygen atoms in total. The third-order valence-corrected chi connectivity index (χ3v) is 3.91. The van der Waals surface area contributed by atoms with E-state index in [0.717, 1.165) is 16.6 Å². The molecular weight excluding hydrogens is 324 g/mol. The summed E-state index contributed by atoms with van der Waals surface area (Å²) < 4.78 is 0. The summed E-state index contributed by atoms with van der Waals surface area (Å²) in [6.07, 6.45) is 1.56. The molecule has 0 atom stereocenters. The second-order valence-corrected chi connectivity index (χ2v) is 5.57. The molecular formula is C18H11ClN4O. The zero-order valence-corrected chi connectivity index (χ0v) is 13.2. The molecule has 4 aromatic rings. The number of nitrogens with zero attached hydrogens (tertiary/aromatic N) is 3. The second kappa shape index (κ2) is 5.86. The number of rotatable bonds is 2. The summed E-state index contributed by atoms with van der Waals surface area (Å²) in [5, 5.41) is 2.99. The fraction of sp³-hybridized carbons (Fsp3) is 0. The van der Waals surface area contributed by atoms with Gasteiger partial charge in [0.25, 0.3) is 5.91 Å². The van der Waals surface area contributed by atoms with Crippen LogP contribution < -0.4 is 5.32 Å². The minimum Gasteiger partial charge on any atom is -0.319 e. The summed E-state index contributed by atoms with van der Waals surface area (Å²) in [6, 6.07) is 16.2. The molecule has 4 rings (SSSR count). The smallest absolute Gasteiger partial charge is 0.255 e. The molecule has 0 saturated carbocycles. The summed E-state index contributed by atoms with van der Waals surface area (Å²) in [7, 11) is 0. The lowest BCUT2D eigenvalue weighted by atomic mass is 10.1. The van der Waals surface area contributed by atoms with Crippen molar-refractivity contribution in [1.82, 2.24) is 15.0 Å². The Hall–Kier alpha value is -3.05. The van der Waals surface area contributed by atoms with Crippen LogP contribution in [-0.4, -0.2) is 20.9 Å². The van der Waals surface area contributed by atoms with Crippen LogP contribution in [0.5, 0.6) is 0 Å². The predicted molar refractivity (Wildman–Crippen MR) is 94.2 cm³/mol. The maximum Gasteiger partial charge on any atom is 0.255 e. The highest BCUT2D eigenvalue weighted by molar-refractivity contribution is 6.32. The lowest BCUT2D eigenvalue weighted by Gasteiger charge is -2.07. The molecule has 0 unspecified atom stereocenters. The van der Waals surface area contributed by atoms with Gasteiger partial charge in [-0.1, -0.05) is 23.7 Å². The number of pyridine rings is 1. The lowest BCUT2D eigenvalue weighted by molar-refractivity contribution is 0.102. The van der Waals surface area contributed by atoms with Gasteiger partial charge < -0.3 is 5.32 Å². The number of carbonyl (C=O) groups is 1. The van der Waals surface area contributed by atoms with Crippen LogP contribution in [-0.2, 0) is 0 Å². The average molecular weight is 335 g/mol. The van der Waals surface area contributed by atoms with Gasteiger partial charge in [0.1, 0.15) is 0 Å². The summed E-state index contributed by atoms with van der Waals surface area (Å²) in [4.78, 5) is 25.5. The highest BCUT2D eigenvalue weighted by Crippen LogP contribution is 2.20. The van der Waals surface area contributed by atoms with E-state index in [2.05, 4.69) is 20.3 Å². The van der Waals surface area contributed by atoms with E-state index >= 15 is 0 Å². The van der Waals surface area contributed by atoms with Crippen molar-refractivity contribution in [2.24, 2.45) is 0 Å². The summed E-state index contributed by atoms with van der Waals surface area (Å²) in [5.41, 5.74) is 3.96. The number of hydrogen-bond donors (Lipinski definition) is 1. The predicted octanol–water partition coefficient (Wildman–Crippen LogP) is 4.08. The Balaban J connectivity index is 1.72. The van der Waals surface area contributed by atoms with E-state index in [0.29, 0.717) is 16.8 Å². The minimum absolute atomic E-state index is 0.248. The Bertz CT molecular complexity index is 1080. The van der Waals surface area contributed by atoms with Gasteiger partial charge in [0.2, 0.25) is 0 Å². The molecule has 6 heteroatoms. The third-order valence-electron chi connectivity index (χ3n) is 3.61. The van der Waals surface area contributed by atoms with Crippen LogP contribution in [0.1, 0.15) is 10.4 Å². The molecule has 0 fully saturated rings. The first-order valence-electron chi connectivity index (χ1n) is 7.29. The fourth-order valence-corrected chi connectivity index (χ4v) is 2.60. The zero-order valence-electron chi connectivity index (χ0n) is 12.4. The molecule has 0 saturated heterocycles. The Morgan fingerprint density at radius 1 is 0.875 bits per heavy atom. The number of hydrogen-bond acceptors (Lipinski definition) is 4. The number of carbonyl (C=O) groups excluding carboxylic acids is 1. The van der Waals surface area contributed by atoms with Crippen LogP contribution in [0.25, 0.3) is 22.1 Å². The highest BCUT2D eigenvalue weighted by atomic mass is 35.5. The standard InChI is InChI=1S/C18H11ClN4O/c19-17-15(6-3-9-20-17)23-18(24)11-7-8-14-16(10-11)22-13-5-2-1-4-12(13)21-14/h1-10H,(H,23,24). The van der Waals surface area contributed by atoms with Gasteiger partial charge in [0, 0.05) is 11.8 Å². The molecule has 0 spiro atoms. The molecule has 2 aromatic heterocycles. The first-order chi connectivity index (χ1) is 11.7. The molecule has 0 aliphatic carbocycles. The largest absolute Gasteiger partial charge is 0.319 e. The monoisotopic (exact) mass is 334 g/mol. The molecule has 1 amide bonds. The molecule has 1 N–H and O–H groups in total. The van der Waals surface area contributed by atoms with Crippen LogP contribution in [0.4, 0.5) is 5.69 Å². The van der Waals surface area contributed by atoms with Crippen LogP contribution >= 0.6 is 11.6 Å². The lowest BCUT2D eigenvalue weighted by Crippen LogP contribution is -2.12. The van der Waals surface area contributed by atoms with E-state index in [-0.39, 0.29) is 11.1 Å². The van der Waals surface area contributed by atoms with Crippen LogP contribution in [0.2, 0.25) is 5.15 Å². The SMILES string of the molecule is O=C(Nc1cccnc1Cl)c1ccc2nc3ccccc3nc2c1. The number of anilines is 1. The van der Waals surface area contributed by atoms with E-state index in [9.17, 15) is 4.79 Å². The van der Waals surface area contributed by atoms with Crippen LogP contribution in [0.15, 0.2) is 60.8 Å². The quantitative estimate of drug-likeness (QED) is 0.443. The Labute approximate surface area is 142 Å². The number of fused-ring (bicyclic) bond motifs is 2. The van der Waals surface area contributed by atoms with Crippen molar-refractivity contribution in [3.63, 3.8) is 0 Å². The Kier molecular flexibility index (Phi) is 3.55. The number of halogens is 1. The molecule has 0 bridgehead atoms.